The number of carbonyl (C=O) groups excluding carboxylic acids is 3. The van der Waals surface area contributed by atoms with E-state index in [2.05, 4.69) is 18.7 Å². The predicted molar refractivity (Wildman–Crippen MR) is 112 cm³/mol. The summed E-state index contributed by atoms with van der Waals surface area (Å²) in [4.78, 5) is 35.5. The van der Waals surface area contributed by atoms with E-state index in [-0.39, 0.29) is 12.0 Å². The first-order valence-corrected chi connectivity index (χ1v) is 12.4. The van der Waals surface area contributed by atoms with Crippen LogP contribution in [-0.4, -0.2) is 108 Å². The molecule has 0 heterocycles. The summed E-state index contributed by atoms with van der Waals surface area (Å²) in [5, 5.41) is 17.3. The molecule has 0 aromatic heterocycles. The molecular formula is C13H20F6N4O12S3. The van der Waals surface area contributed by atoms with Gasteiger partial charge in [-0.3, -0.25) is 23.8 Å². The second-order valence-corrected chi connectivity index (χ2v) is 9.39. The largest absolute Gasteiger partial charge is 0.446 e. The van der Waals surface area contributed by atoms with E-state index >= 15 is 0 Å². The molecule has 0 fully saturated rings. The zero-order chi connectivity index (χ0) is 29.6. The van der Waals surface area contributed by atoms with E-state index in [1.54, 1.807) is 10.6 Å². The van der Waals surface area contributed by atoms with Gasteiger partial charge in [-0.1, -0.05) is 10.1 Å². The molecule has 0 saturated carbocycles. The molecule has 25 heteroatoms. The fourth-order valence-corrected chi connectivity index (χ4v) is 2.99. The zero-order valence-electron chi connectivity index (χ0n) is 18.4. The van der Waals surface area contributed by atoms with Crippen molar-refractivity contribution in [3.05, 3.63) is 0 Å². The van der Waals surface area contributed by atoms with Crippen molar-refractivity contribution < 1.29 is 83.0 Å². The van der Waals surface area contributed by atoms with E-state index in [9.17, 15) is 49.1 Å². The van der Waals surface area contributed by atoms with Gasteiger partial charge in [0.2, 0.25) is 0 Å². The molecule has 224 valence electrons. The smallest absolute Gasteiger partial charge is 0.350 e. The highest BCUT2D eigenvalue weighted by atomic mass is 32.2. The lowest BCUT2D eigenvalue weighted by Gasteiger charge is -2.24. The summed E-state index contributed by atoms with van der Waals surface area (Å²) in [6.07, 6.45) is 0. The van der Waals surface area contributed by atoms with Crippen molar-refractivity contribution in [3.63, 3.8) is 0 Å². The van der Waals surface area contributed by atoms with Crippen LogP contribution < -0.4 is 16.0 Å². The summed E-state index contributed by atoms with van der Waals surface area (Å²) >= 11 is -1.000. The molecule has 0 saturated heterocycles. The van der Waals surface area contributed by atoms with Crippen LogP contribution in [0.3, 0.4) is 0 Å². The lowest BCUT2D eigenvalue weighted by Crippen LogP contribution is -2.49. The average Bonchev–Trinajstić information content (AvgIpc) is 2.81. The Morgan fingerprint density at radius 3 is 1.68 bits per heavy atom. The minimum atomic E-state index is -6.11. The van der Waals surface area contributed by atoms with Crippen molar-refractivity contribution in [3.8, 4) is 0 Å². The Labute approximate surface area is 217 Å². The van der Waals surface area contributed by atoms with Crippen molar-refractivity contribution in [1.29, 1.82) is 0 Å². The van der Waals surface area contributed by atoms with Gasteiger partial charge >= 0.3 is 38.4 Å². The Morgan fingerprint density at radius 2 is 1.24 bits per heavy atom. The Morgan fingerprint density at radius 1 is 0.789 bits per heavy atom. The van der Waals surface area contributed by atoms with E-state index in [0.29, 0.717) is 0 Å². The second-order valence-electron chi connectivity index (χ2n) is 6.45. The first kappa shape index (κ1) is 36.3. The molecule has 0 rings (SSSR count). The first-order valence-electron chi connectivity index (χ1n) is 9.35. The fraction of sp³-hybridized carbons (Fsp3) is 0.769. The van der Waals surface area contributed by atoms with E-state index in [1.165, 1.54) is 5.32 Å². The standard InChI is InChI=1S/C13H20F6N4O12S3/c14-11(15,7-36-34-32-27)8(24)20-1-4-23(5-2-21-9(25)12(16,17)37-35-33-28)6-3-22-10(26)13(18,19)38(29,30)31/h27-28H,1-7H2,(H,20,24)(H,21,25)(H,22,26)(H,29,30,31). The monoisotopic (exact) mass is 634 g/mol. The second kappa shape index (κ2) is 16.4. The van der Waals surface area contributed by atoms with E-state index < -0.39 is 101 Å². The minimum absolute atomic E-state index is 0.123. The van der Waals surface area contributed by atoms with Gasteiger partial charge in [0.25, 0.3) is 5.91 Å². The van der Waals surface area contributed by atoms with Crippen LogP contribution in [0.1, 0.15) is 0 Å². The Kier molecular flexibility index (Phi) is 15.7. The third-order valence-corrected chi connectivity index (χ3v) is 5.81. The van der Waals surface area contributed by atoms with Crippen molar-refractivity contribution in [2.45, 2.75) is 16.4 Å². The number of carbonyl (C=O) groups is 3. The molecule has 3 amide bonds. The topological polar surface area (TPSA) is 222 Å². The molecule has 0 unspecified atom stereocenters. The molecule has 0 atom stereocenters. The highest BCUT2D eigenvalue weighted by Crippen LogP contribution is 2.29. The van der Waals surface area contributed by atoms with Crippen molar-refractivity contribution in [2.75, 3.05) is 45.0 Å². The minimum Gasteiger partial charge on any atom is -0.350 e. The highest BCUT2D eigenvalue weighted by molar-refractivity contribution is 7.96. The van der Waals surface area contributed by atoms with Gasteiger partial charge in [0.1, 0.15) is 12.0 Å². The maximum Gasteiger partial charge on any atom is 0.446 e. The lowest BCUT2D eigenvalue weighted by atomic mass is 10.3. The summed E-state index contributed by atoms with van der Waals surface area (Å²) in [7, 11) is -6.11. The fourth-order valence-electron chi connectivity index (χ4n) is 2.05. The number of nitrogens with zero attached hydrogens (tertiary/aromatic N) is 1. The number of nitrogens with one attached hydrogen (secondary N) is 3. The Balaban J connectivity index is 5.05. The summed E-state index contributed by atoms with van der Waals surface area (Å²) in [5.41, 5.74) is 0. The maximum absolute atomic E-state index is 13.6. The lowest BCUT2D eigenvalue weighted by molar-refractivity contribution is -0.433. The normalized spacial score (nSPS) is 12.9. The van der Waals surface area contributed by atoms with E-state index in [0.717, 1.165) is 4.90 Å². The average molecular weight is 635 g/mol. The highest BCUT2D eigenvalue weighted by Gasteiger charge is 2.52. The molecule has 0 aliphatic carbocycles. The van der Waals surface area contributed by atoms with Crippen LogP contribution in [0.15, 0.2) is 0 Å². The molecule has 38 heavy (non-hydrogen) atoms. The number of rotatable bonds is 20. The number of alkyl halides is 6. The molecule has 0 bridgehead atoms. The number of amides is 3. The quantitative estimate of drug-likeness (QED) is 0.0248. The van der Waals surface area contributed by atoms with E-state index in [1.807, 2.05) is 0 Å². The van der Waals surface area contributed by atoms with Crippen LogP contribution >= 0.6 is 24.1 Å². The van der Waals surface area contributed by atoms with Gasteiger partial charge in [0.15, 0.2) is 0 Å². The molecule has 0 spiro atoms. The molecule has 0 radical (unpaired) electrons. The Hall–Kier alpha value is -1.68. The Bertz CT molecular complexity index is 888. The van der Waals surface area contributed by atoms with Gasteiger partial charge in [-0.2, -0.15) is 34.8 Å². The maximum atomic E-state index is 13.6. The molecule has 0 aliphatic rings. The summed E-state index contributed by atoms with van der Waals surface area (Å²) in [6.45, 7) is -3.25. The number of hydrogen-bond acceptors (Lipinski definition) is 14. The molecule has 0 aromatic rings. The van der Waals surface area contributed by atoms with Gasteiger partial charge in [0.05, 0.1) is 5.75 Å². The van der Waals surface area contributed by atoms with Crippen LogP contribution in [0, 0.1) is 0 Å². The summed E-state index contributed by atoms with van der Waals surface area (Å²) < 4.78 is 117. The molecule has 0 aromatic carbocycles. The van der Waals surface area contributed by atoms with Gasteiger partial charge < -0.3 is 16.0 Å². The summed E-state index contributed by atoms with van der Waals surface area (Å²) in [5.74, 6) is -11.5. The van der Waals surface area contributed by atoms with Gasteiger partial charge in [-0.25, -0.2) is 10.5 Å². The molecule has 16 nitrogen and oxygen atoms in total. The van der Waals surface area contributed by atoms with Crippen molar-refractivity contribution in [2.24, 2.45) is 0 Å². The number of hydrogen-bond donors (Lipinski definition) is 6. The van der Waals surface area contributed by atoms with Crippen LogP contribution in [0.2, 0.25) is 0 Å². The van der Waals surface area contributed by atoms with Crippen molar-refractivity contribution >= 4 is 51.9 Å². The van der Waals surface area contributed by atoms with Gasteiger partial charge in [-0.05, 0) is 0 Å². The third-order valence-electron chi connectivity index (χ3n) is 3.81. The zero-order valence-corrected chi connectivity index (χ0v) is 20.9. The first-order chi connectivity index (χ1) is 17.4. The van der Waals surface area contributed by atoms with Gasteiger partial charge in [0, 0.05) is 51.3 Å². The van der Waals surface area contributed by atoms with Crippen LogP contribution in [-0.2, 0) is 43.2 Å². The SMILES string of the molecule is O=C(NCCN(CCNC(=O)C(F)(F)SOOO)CCNC(=O)C(F)(F)S(=O)(=O)O)C(F)(F)CSOOO. The van der Waals surface area contributed by atoms with Crippen LogP contribution in [0.4, 0.5) is 26.3 Å². The van der Waals surface area contributed by atoms with Crippen molar-refractivity contribution in [1.82, 2.24) is 20.9 Å². The van der Waals surface area contributed by atoms with Gasteiger partial charge in [-0.15, -0.1) is 8.67 Å². The van der Waals surface area contributed by atoms with Crippen LogP contribution in [0.25, 0.3) is 0 Å². The third kappa shape index (κ3) is 12.9. The summed E-state index contributed by atoms with van der Waals surface area (Å²) in [6, 6.07) is 0. The van der Waals surface area contributed by atoms with E-state index in [4.69, 9.17) is 15.1 Å². The molecular weight excluding hydrogens is 614 g/mol. The van der Waals surface area contributed by atoms with Crippen LogP contribution in [0.5, 0.6) is 0 Å². The molecule has 0 aliphatic heterocycles. The number of halogens is 6. The predicted octanol–water partition coefficient (Wildman–Crippen LogP) is -0.515. The molecule has 6 N–H and O–H groups in total.